The number of rotatable bonds is 3. The number of aryl methyl sites for hydroxylation is 1. The number of para-hydroxylation sites is 1. The average Bonchev–Trinajstić information content (AvgIpc) is 2.81. The van der Waals surface area contributed by atoms with Crippen molar-refractivity contribution in [2.24, 2.45) is 5.41 Å². The summed E-state index contributed by atoms with van der Waals surface area (Å²) in [5.74, 6) is 1.32. The molecule has 0 N–H and O–H groups in total. The molecule has 0 unspecified atom stereocenters. The molecule has 2 aliphatic rings. The first-order valence-electron chi connectivity index (χ1n) is 11.8. The summed E-state index contributed by atoms with van der Waals surface area (Å²) in [5, 5.41) is 0. The van der Waals surface area contributed by atoms with Gasteiger partial charge in [0.15, 0.2) is 0 Å². The van der Waals surface area contributed by atoms with Gasteiger partial charge in [0, 0.05) is 25.5 Å². The van der Waals surface area contributed by atoms with Crippen LogP contribution < -0.4 is 4.74 Å². The van der Waals surface area contributed by atoms with E-state index < -0.39 is 0 Å². The average molecular weight is 422 g/mol. The number of piperidine rings is 1. The predicted octanol–water partition coefficient (Wildman–Crippen LogP) is 4.32. The predicted molar refractivity (Wildman–Crippen MR) is 123 cm³/mol. The molecule has 0 saturated carbocycles. The number of likely N-dealkylation sites (N-methyl/N-ethyl adjacent to an activating group) is 1. The Kier molecular flexibility index (Phi) is 7.23. The van der Waals surface area contributed by atoms with Crippen molar-refractivity contribution >= 4 is 5.91 Å². The van der Waals surface area contributed by atoms with E-state index in [0.717, 1.165) is 70.5 Å². The minimum Gasteiger partial charge on any atom is -0.491 e. The summed E-state index contributed by atoms with van der Waals surface area (Å²) in [6, 6.07) is 12.5. The van der Waals surface area contributed by atoms with E-state index in [1.54, 1.807) is 0 Å². The summed E-state index contributed by atoms with van der Waals surface area (Å²) in [5.41, 5.74) is 2.31. The molecule has 1 amide bonds. The molecule has 0 radical (unpaired) electrons. The first kappa shape index (κ1) is 21.8. The monoisotopic (exact) mass is 421 g/mol. The van der Waals surface area contributed by atoms with Gasteiger partial charge in [-0.2, -0.15) is 0 Å². The van der Waals surface area contributed by atoms with Crippen molar-refractivity contribution in [1.29, 1.82) is 0 Å². The highest BCUT2D eigenvalue weighted by Crippen LogP contribution is 2.39. The highest BCUT2D eigenvalue weighted by atomic mass is 16.5. The van der Waals surface area contributed by atoms with Gasteiger partial charge in [0.1, 0.15) is 12.4 Å². The fraction of sp³-hybridized carbons (Fsp3) is 0.538. The van der Waals surface area contributed by atoms with E-state index in [0.29, 0.717) is 19.1 Å². The lowest BCUT2D eigenvalue weighted by Crippen LogP contribution is -2.51. The van der Waals surface area contributed by atoms with Crippen molar-refractivity contribution in [3.8, 4) is 5.75 Å². The second-order valence-electron chi connectivity index (χ2n) is 8.97. The Morgan fingerprint density at radius 1 is 1.03 bits per heavy atom. The third-order valence-corrected chi connectivity index (χ3v) is 7.01. The number of benzene rings is 1. The summed E-state index contributed by atoms with van der Waals surface area (Å²) >= 11 is 0. The summed E-state index contributed by atoms with van der Waals surface area (Å²) in [7, 11) is 0. The van der Waals surface area contributed by atoms with Gasteiger partial charge >= 0.3 is 0 Å². The van der Waals surface area contributed by atoms with E-state index in [2.05, 4.69) is 41.1 Å². The third-order valence-electron chi connectivity index (χ3n) is 7.01. The van der Waals surface area contributed by atoms with Crippen molar-refractivity contribution in [1.82, 2.24) is 14.8 Å². The van der Waals surface area contributed by atoms with Gasteiger partial charge in [-0.15, -0.1) is 0 Å². The SMILES string of the molecule is CCN1CCOc2ccccc2CCCCC2(CCN(Cc3cccnc3)CC2)C1=O. The molecular formula is C26H35N3O2. The molecular weight excluding hydrogens is 386 g/mol. The highest BCUT2D eigenvalue weighted by Gasteiger charge is 2.42. The zero-order valence-electron chi connectivity index (χ0n) is 18.8. The molecule has 1 saturated heterocycles. The Labute approximate surface area is 186 Å². The number of carbonyl (C=O) groups is 1. The topological polar surface area (TPSA) is 45.7 Å². The molecule has 0 atom stereocenters. The number of likely N-dealkylation sites (tertiary alicyclic amines) is 1. The largest absolute Gasteiger partial charge is 0.491 e. The van der Waals surface area contributed by atoms with Crippen molar-refractivity contribution in [3.63, 3.8) is 0 Å². The molecule has 166 valence electrons. The third kappa shape index (κ3) is 5.27. The first-order chi connectivity index (χ1) is 15.2. The van der Waals surface area contributed by atoms with Crippen LogP contribution in [0.15, 0.2) is 48.8 Å². The van der Waals surface area contributed by atoms with Crippen LogP contribution in [0.5, 0.6) is 5.75 Å². The van der Waals surface area contributed by atoms with Crippen LogP contribution in [0, 0.1) is 5.41 Å². The van der Waals surface area contributed by atoms with Gasteiger partial charge in [-0.1, -0.05) is 30.7 Å². The van der Waals surface area contributed by atoms with Gasteiger partial charge in [0.25, 0.3) is 0 Å². The van der Waals surface area contributed by atoms with Gasteiger partial charge < -0.3 is 9.64 Å². The minimum absolute atomic E-state index is 0.222. The number of nitrogens with zero attached hydrogens (tertiary/aromatic N) is 3. The Balaban J connectivity index is 1.45. The van der Waals surface area contributed by atoms with E-state index >= 15 is 0 Å². The van der Waals surface area contributed by atoms with E-state index in [1.165, 1.54) is 11.1 Å². The van der Waals surface area contributed by atoms with Crippen LogP contribution >= 0.6 is 0 Å². The number of carbonyl (C=O) groups excluding carboxylic acids is 1. The summed E-state index contributed by atoms with van der Waals surface area (Å²) < 4.78 is 6.09. The van der Waals surface area contributed by atoms with Crippen LogP contribution in [0.1, 0.15) is 50.2 Å². The molecule has 5 nitrogen and oxygen atoms in total. The number of fused-ring (bicyclic) bond motifs is 1. The first-order valence-corrected chi connectivity index (χ1v) is 11.8. The molecule has 3 heterocycles. The van der Waals surface area contributed by atoms with Crippen LogP contribution in [-0.2, 0) is 17.8 Å². The van der Waals surface area contributed by atoms with Gasteiger partial charge in [-0.05, 0) is 75.4 Å². The molecule has 1 spiro atoms. The van der Waals surface area contributed by atoms with E-state index in [9.17, 15) is 4.79 Å². The molecule has 31 heavy (non-hydrogen) atoms. The van der Waals surface area contributed by atoms with E-state index in [-0.39, 0.29) is 5.41 Å². The smallest absolute Gasteiger partial charge is 0.228 e. The van der Waals surface area contributed by atoms with Crippen molar-refractivity contribution in [2.45, 2.75) is 52.0 Å². The zero-order chi connectivity index (χ0) is 21.5. The number of pyridine rings is 1. The maximum Gasteiger partial charge on any atom is 0.228 e. The van der Waals surface area contributed by atoms with Gasteiger partial charge in [0.2, 0.25) is 5.91 Å². The number of ether oxygens (including phenoxy) is 1. The summed E-state index contributed by atoms with van der Waals surface area (Å²) in [4.78, 5) is 22.5. The van der Waals surface area contributed by atoms with Gasteiger partial charge in [-0.25, -0.2) is 0 Å². The minimum atomic E-state index is -0.222. The summed E-state index contributed by atoms with van der Waals surface area (Å²) in [6.07, 6.45) is 9.85. The van der Waals surface area contributed by atoms with E-state index in [1.807, 2.05) is 29.4 Å². The zero-order valence-corrected chi connectivity index (χ0v) is 18.8. The van der Waals surface area contributed by atoms with Crippen LogP contribution in [0.3, 0.4) is 0 Å². The molecule has 5 heteroatoms. The maximum absolute atomic E-state index is 13.7. The normalized spacial score (nSPS) is 20.4. The number of hydrogen-bond donors (Lipinski definition) is 0. The fourth-order valence-electron chi connectivity index (χ4n) is 5.09. The highest BCUT2D eigenvalue weighted by molar-refractivity contribution is 5.83. The fourth-order valence-corrected chi connectivity index (χ4v) is 5.09. The Hall–Kier alpha value is -2.40. The standard InChI is InChI=1S/C26H35N3O2/c1-2-29-18-19-31-24-11-4-3-9-23(24)10-5-6-12-26(25(29)30)13-16-28(17-14-26)21-22-8-7-15-27-20-22/h3-4,7-9,11,15,20H,2,5-6,10,12-14,16-19,21H2,1H3. The Bertz CT molecular complexity index is 847. The lowest BCUT2D eigenvalue weighted by molar-refractivity contribution is -0.146. The summed E-state index contributed by atoms with van der Waals surface area (Å²) in [6.45, 7) is 6.90. The molecule has 1 aromatic carbocycles. The second-order valence-corrected chi connectivity index (χ2v) is 8.97. The lowest BCUT2D eigenvalue weighted by atomic mass is 9.73. The Morgan fingerprint density at radius 3 is 2.65 bits per heavy atom. The van der Waals surface area contributed by atoms with E-state index in [4.69, 9.17) is 4.74 Å². The quantitative estimate of drug-likeness (QED) is 0.741. The molecule has 2 aromatic rings. The molecule has 2 aliphatic heterocycles. The van der Waals surface area contributed by atoms with Crippen molar-refractivity contribution < 1.29 is 9.53 Å². The molecule has 4 rings (SSSR count). The van der Waals surface area contributed by atoms with Crippen molar-refractivity contribution in [2.75, 3.05) is 32.8 Å². The number of aromatic nitrogens is 1. The molecule has 0 bridgehead atoms. The molecule has 1 fully saturated rings. The molecule has 1 aromatic heterocycles. The number of hydrogen-bond acceptors (Lipinski definition) is 4. The van der Waals surface area contributed by atoms with Crippen LogP contribution in [-0.4, -0.2) is 53.5 Å². The number of amides is 1. The lowest BCUT2D eigenvalue weighted by Gasteiger charge is -2.43. The van der Waals surface area contributed by atoms with Crippen LogP contribution in [0.4, 0.5) is 0 Å². The maximum atomic E-state index is 13.7. The van der Waals surface area contributed by atoms with Crippen LogP contribution in [0.2, 0.25) is 0 Å². The van der Waals surface area contributed by atoms with Gasteiger partial charge in [-0.3, -0.25) is 14.7 Å². The van der Waals surface area contributed by atoms with Crippen LogP contribution in [0.25, 0.3) is 0 Å². The Morgan fingerprint density at radius 2 is 1.87 bits per heavy atom. The van der Waals surface area contributed by atoms with Gasteiger partial charge in [0.05, 0.1) is 12.0 Å². The van der Waals surface area contributed by atoms with Crippen molar-refractivity contribution in [3.05, 3.63) is 59.9 Å². The second kappa shape index (κ2) is 10.3. The molecule has 0 aliphatic carbocycles.